The zero-order valence-electron chi connectivity index (χ0n) is 16.1. The third-order valence-electron chi connectivity index (χ3n) is 4.42. The molecule has 0 atom stereocenters. The highest BCUT2D eigenvalue weighted by Crippen LogP contribution is 2.40. The molecule has 0 unspecified atom stereocenters. The van der Waals surface area contributed by atoms with Crippen LogP contribution in [-0.2, 0) is 0 Å². The maximum absolute atomic E-state index is 13.1. The second-order valence-electron chi connectivity index (χ2n) is 6.14. The number of rotatable bonds is 5. The third kappa shape index (κ3) is 3.47. The Labute approximate surface area is 185 Å². The molecule has 2 aromatic heterocycles. The fraction of sp³-hybridized carbons (Fsp3) is 0.150. The van der Waals surface area contributed by atoms with Crippen molar-refractivity contribution in [2.75, 3.05) is 21.3 Å². The predicted molar refractivity (Wildman–Crippen MR) is 117 cm³/mol. The van der Waals surface area contributed by atoms with Crippen LogP contribution >= 0.6 is 34.5 Å². The summed E-state index contributed by atoms with van der Waals surface area (Å²) in [7, 11) is 4.56. The van der Waals surface area contributed by atoms with Gasteiger partial charge in [0, 0.05) is 15.6 Å². The molecule has 10 heteroatoms. The molecule has 4 rings (SSSR count). The Hall–Kier alpha value is -2.81. The van der Waals surface area contributed by atoms with Gasteiger partial charge < -0.3 is 14.2 Å². The Morgan fingerprint density at radius 2 is 1.70 bits per heavy atom. The number of benzene rings is 2. The molecule has 0 N–H and O–H groups in total. The first-order chi connectivity index (χ1) is 14.5. The molecule has 0 bridgehead atoms. The molecule has 2 heterocycles. The van der Waals surface area contributed by atoms with Gasteiger partial charge in [-0.3, -0.25) is 4.79 Å². The molecule has 0 saturated heterocycles. The first-order valence-corrected chi connectivity index (χ1v) is 10.2. The summed E-state index contributed by atoms with van der Waals surface area (Å²) in [4.78, 5) is 13.6. The van der Waals surface area contributed by atoms with E-state index in [-0.39, 0.29) is 5.56 Å². The molecule has 4 aromatic rings. The monoisotopic (exact) mass is 463 g/mol. The van der Waals surface area contributed by atoms with Crippen LogP contribution in [0, 0.1) is 0 Å². The summed E-state index contributed by atoms with van der Waals surface area (Å²) in [5, 5.41) is 9.31. The lowest BCUT2D eigenvalue weighted by molar-refractivity contribution is 0.324. The number of aromatic nitrogens is 3. The summed E-state index contributed by atoms with van der Waals surface area (Å²) < 4.78 is 18.1. The Bertz CT molecular complexity index is 1340. The maximum Gasteiger partial charge on any atom is 0.276 e. The van der Waals surface area contributed by atoms with Gasteiger partial charge in [-0.15, -0.1) is 10.2 Å². The highest BCUT2D eigenvalue weighted by atomic mass is 35.5. The van der Waals surface area contributed by atoms with E-state index in [9.17, 15) is 4.79 Å². The van der Waals surface area contributed by atoms with Crippen LogP contribution in [0.15, 0.2) is 35.1 Å². The van der Waals surface area contributed by atoms with Crippen molar-refractivity contribution in [1.82, 2.24) is 14.6 Å². The summed E-state index contributed by atoms with van der Waals surface area (Å²) >= 11 is 13.4. The lowest BCUT2D eigenvalue weighted by Gasteiger charge is -2.13. The molecule has 30 heavy (non-hydrogen) atoms. The fourth-order valence-corrected chi connectivity index (χ4v) is 4.39. The minimum atomic E-state index is -0.255. The second kappa shape index (κ2) is 8.14. The molecule has 0 radical (unpaired) electrons. The number of fused-ring (bicyclic) bond motifs is 1. The van der Waals surface area contributed by atoms with E-state index >= 15 is 0 Å². The van der Waals surface area contributed by atoms with E-state index in [0.29, 0.717) is 53.7 Å². The number of nitrogens with zero attached hydrogens (tertiary/aromatic N) is 3. The molecular formula is C20H15Cl2N3O4S. The zero-order valence-corrected chi connectivity index (χ0v) is 18.4. The average Bonchev–Trinajstić information content (AvgIpc) is 3.29. The largest absolute Gasteiger partial charge is 0.493 e. The van der Waals surface area contributed by atoms with Crippen LogP contribution in [0.1, 0.15) is 5.56 Å². The fourth-order valence-electron chi connectivity index (χ4n) is 3.02. The van der Waals surface area contributed by atoms with Crippen LogP contribution in [0.5, 0.6) is 17.2 Å². The summed E-state index contributed by atoms with van der Waals surface area (Å²) in [6.07, 6.45) is 1.71. The van der Waals surface area contributed by atoms with Crippen molar-refractivity contribution in [2.45, 2.75) is 0 Å². The standard InChI is InChI=1S/C20H15Cl2N3O4S/c1-27-14-6-11(7-15(28-2)17(14)29-3)18-23-24-20-25(18)19(26)16(30-20)8-10-4-5-12(21)9-13(10)22/h4-9H,1-3H3. The zero-order chi connectivity index (χ0) is 21.4. The molecule has 0 aliphatic rings. The van der Waals surface area contributed by atoms with Gasteiger partial charge in [0.2, 0.25) is 10.7 Å². The summed E-state index contributed by atoms with van der Waals surface area (Å²) in [6, 6.07) is 8.53. The highest BCUT2D eigenvalue weighted by molar-refractivity contribution is 7.15. The first kappa shape index (κ1) is 20.5. The van der Waals surface area contributed by atoms with E-state index in [0.717, 1.165) is 0 Å². The minimum Gasteiger partial charge on any atom is -0.493 e. The number of ether oxygens (including phenoxy) is 3. The van der Waals surface area contributed by atoms with Gasteiger partial charge in [-0.05, 0) is 35.9 Å². The second-order valence-corrected chi connectivity index (χ2v) is 7.99. The van der Waals surface area contributed by atoms with Crippen LogP contribution in [-0.4, -0.2) is 35.9 Å². The van der Waals surface area contributed by atoms with Gasteiger partial charge in [0.05, 0.1) is 25.9 Å². The Balaban J connectivity index is 1.91. The molecular weight excluding hydrogens is 449 g/mol. The smallest absolute Gasteiger partial charge is 0.276 e. The number of thiazole rings is 1. The van der Waals surface area contributed by atoms with Crippen molar-refractivity contribution in [3.63, 3.8) is 0 Å². The van der Waals surface area contributed by atoms with Crippen molar-refractivity contribution in [1.29, 1.82) is 0 Å². The number of hydrogen-bond donors (Lipinski definition) is 0. The third-order valence-corrected chi connectivity index (χ3v) is 5.94. The summed E-state index contributed by atoms with van der Waals surface area (Å²) in [5.41, 5.74) is 1.03. The topological polar surface area (TPSA) is 75.0 Å². The van der Waals surface area contributed by atoms with Crippen LogP contribution in [0.2, 0.25) is 10.0 Å². The molecule has 0 aliphatic carbocycles. The van der Waals surface area contributed by atoms with Gasteiger partial charge in [0.1, 0.15) is 0 Å². The number of methoxy groups -OCH3 is 3. The van der Waals surface area contributed by atoms with E-state index in [1.165, 1.54) is 37.1 Å². The molecule has 0 saturated carbocycles. The van der Waals surface area contributed by atoms with Gasteiger partial charge in [-0.25, -0.2) is 4.40 Å². The molecule has 0 aliphatic heterocycles. The van der Waals surface area contributed by atoms with E-state index < -0.39 is 0 Å². The maximum atomic E-state index is 13.1. The lowest BCUT2D eigenvalue weighted by Crippen LogP contribution is -2.23. The summed E-state index contributed by atoms with van der Waals surface area (Å²) in [6.45, 7) is 0. The molecule has 7 nitrogen and oxygen atoms in total. The van der Waals surface area contributed by atoms with Gasteiger partial charge in [-0.1, -0.05) is 40.6 Å². The quantitative estimate of drug-likeness (QED) is 0.449. The number of halogens is 2. The van der Waals surface area contributed by atoms with Crippen LogP contribution < -0.4 is 24.3 Å². The number of hydrogen-bond acceptors (Lipinski definition) is 7. The Morgan fingerprint density at radius 3 is 2.30 bits per heavy atom. The molecule has 0 fully saturated rings. The van der Waals surface area contributed by atoms with Gasteiger partial charge in [0.25, 0.3) is 5.56 Å². The van der Waals surface area contributed by atoms with Crippen molar-refractivity contribution in [3.05, 3.63) is 60.8 Å². The highest BCUT2D eigenvalue weighted by Gasteiger charge is 2.19. The van der Waals surface area contributed by atoms with E-state index in [1.807, 2.05) is 0 Å². The van der Waals surface area contributed by atoms with Gasteiger partial charge >= 0.3 is 0 Å². The molecule has 0 amide bonds. The SMILES string of the molecule is COc1cc(-c2nnc3sc(=Cc4ccc(Cl)cc4Cl)c(=O)n23)cc(OC)c1OC. The van der Waals surface area contributed by atoms with Gasteiger partial charge in [0.15, 0.2) is 17.3 Å². The Kier molecular flexibility index (Phi) is 5.55. The van der Waals surface area contributed by atoms with Crippen molar-refractivity contribution < 1.29 is 14.2 Å². The van der Waals surface area contributed by atoms with Crippen LogP contribution in [0.25, 0.3) is 22.4 Å². The minimum absolute atomic E-state index is 0.255. The Morgan fingerprint density at radius 1 is 1.00 bits per heavy atom. The molecule has 2 aromatic carbocycles. The van der Waals surface area contributed by atoms with E-state index in [1.54, 1.807) is 36.4 Å². The summed E-state index contributed by atoms with van der Waals surface area (Å²) in [5.74, 6) is 1.72. The van der Waals surface area contributed by atoms with E-state index in [4.69, 9.17) is 37.4 Å². The van der Waals surface area contributed by atoms with Crippen molar-refractivity contribution >= 4 is 45.6 Å². The van der Waals surface area contributed by atoms with Gasteiger partial charge in [-0.2, -0.15) is 0 Å². The molecule has 0 spiro atoms. The first-order valence-electron chi connectivity index (χ1n) is 8.62. The van der Waals surface area contributed by atoms with E-state index in [2.05, 4.69) is 10.2 Å². The lowest BCUT2D eigenvalue weighted by atomic mass is 10.1. The normalized spacial score (nSPS) is 11.8. The average molecular weight is 464 g/mol. The van der Waals surface area contributed by atoms with Crippen LogP contribution in [0.4, 0.5) is 0 Å². The molecule has 154 valence electrons. The van der Waals surface area contributed by atoms with Crippen LogP contribution in [0.3, 0.4) is 0 Å². The van der Waals surface area contributed by atoms with Crippen molar-refractivity contribution in [3.8, 4) is 28.6 Å². The predicted octanol–water partition coefficient (Wildman–Crippen LogP) is 3.70. The van der Waals surface area contributed by atoms with Crippen molar-refractivity contribution in [2.24, 2.45) is 0 Å².